The van der Waals surface area contributed by atoms with E-state index < -0.39 is 0 Å². The third kappa shape index (κ3) is 4.56. The van der Waals surface area contributed by atoms with E-state index in [9.17, 15) is 0 Å². The van der Waals surface area contributed by atoms with Crippen LogP contribution >= 0.6 is 15.9 Å². The van der Waals surface area contributed by atoms with Crippen molar-refractivity contribution in [2.75, 3.05) is 0 Å². The van der Waals surface area contributed by atoms with Crippen LogP contribution in [0.4, 0.5) is 0 Å². The zero-order valence-electron chi connectivity index (χ0n) is 16.2. The van der Waals surface area contributed by atoms with E-state index in [0.29, 0.717) is 5.92 Å². The molecule has 1 aromatic rings. The van der Waals surface area contributed by atoms with Crippen LogP contribution in [0.3, 0.4) is 0 Å². The summed E-state index contributed by atoms with van der Waals surface area (Å²) >= 11 is 3.68. The Balaban J connectivity index is 2.12. The van der Waals surface area contributed by atoms with Crippen molar-refractivity contribution in [2.45, 2.75) is 27.2 Å². The monoisotopic (exact) mass is 419 g/mol. The molecule has 0 bridgehead atoms. The molecule has 2 aliphatic rings. The van der Waals surface area contributed by atoms with Crippen molar-refractivity contribution < 1.29 is 0 Å². The Kier molecular flexibility index (Phi) is 6.63. The molecule has 1 nitrogen and oxygen atoms in total. The number of benzene rings is 1. The third-order valence-corrected chi connectivity index (χ3v) is 5.57. The number of allylic oxidation sites excluding steroid dienone is 11. The summed E-state index contributed by atoms with van der Waals surface area (Å²) in [6.45, 7) is 6.43. The minimum Gasteiger partial charge on any atom is -0.252 e. The number of hydrogen-bond donors (Lipinski definition) is 0. The van der Waals surface area contributed by atoms with Gasteiger partial charge in [0.2, 0.25) is 0 Å². The molecule has 0 saturated heterocycles. The molecule has 1 aromatic carbocycles. The number of hydrogen-bond acceptors (Lipinski definition) is 1. The number of rotatable bonds is 4. The fourth-order valence-corrected chi connectivity index (χ4v) is 4.05. The van der Waals surface area contributed by atoms with Gasteiger partial charge in [0.1, 0.15) is 0 Å². The largest absolute Gasteiger partial charge is 0.252 e. The molecule has 0 spiro atoms. The first-order valence-electron chi connectivity index (χ1n) is 9.53. The highest BCUT2D eigenvalue weighted by molar-refractivity contribution is 9.11. The van der Waals surface area contributed by atoms with E-state index in [1.54, 1.807) is 0 Å². The first-order valence-corrected chi connectivity index (χ1v) is 10.3. The van der Waals surface area contributed by atoms with Crippen LogP contribution in [0.5, 0.6) is 0 Å². The summed E-state index contributed by atoms with van der Waals surface area (Å²) in [5.74, 6) is 0.581. The maximum atomic E-state index is 5.09. The molecule has 2 heteroatoms. The average molecular weight is 420 g/mol. The van der Waals surface area contributed by atoms with Gasteiger partial charge in [-0.1, -0.05) is 89.6 Å². The molecule has 0 aromatic heterocycles. The van der Waals surface area contributed by atoms with Crippen molar-refractivity contribution in [3.05, 3.63) is 100 Å². The molecule has 0 N–H and O–H groups in total. The topological polar surface area (TPSA) is 12.4 Å². The lowest BCUT2D eigenvalue weighted by molar-refractivity contribution is 0.620. The molecule has 0 amide bonds. The van der Waals surface area contributed by atoms with Gasteiger partial charge in [-0.05, 0) is 49.1 Å². The summed E-state index contributed by atoms with van der Waals surface area (Å²) in [7, 11) is 0. The van der Waals surface area contributed by atoms with E-state index in [0.717, 1.165) is 27.9 Å². The maximum absolute atomic E-state index is 5.09. The first kappa shape index (κ1) is 19.6. The molecule has 3 rings (SSSR count). The molecule has 0 fully saturated rings. The summed E-state index contributed by atoms with van der Waals surface area (Å²) < 4.78 is 1.15. The number of nitrogens with zero attached hydrogens (tertiary/aromatic N) is 1. The van der Waals surface area contributed by atoms with E-state index >= 15 is 0 Å². The minimum atomic E-state index is 0.281. The van der Waals surface area contributed by atoms with E-state index in [4.69, 9.17) is 4.99 Å². The SMILES string of the molecule is C/C=C\C(=C/C)C1=NC(c2ccccc2)=CC(C2=CC(Br)=CCC=C2)C1C. The molecule has 1 aliphatic carbocycles. The van der Waals surface area contributed by atoms with Crippen LogP contribution in [-0.2, 0) is 0 Å². The van der Waals surface area contributed by atoms with E-state index in [1.807, 2.05) is 6.07 Å². The Morgan fingerprint density at radius 1 is 1.19 bits per heavy atom. The second kappa shape index (κ2) is 9.14. The van der Waals surface area contributed by atoms with E-state index in [1.165, 1.54) is 11.1 Å². The Bertz CT molecular complexity index is 892. The van der Waals surface area contributed by atoms with Crippen molar-refractivity contribution in [1.82, 2.24) is 0 Å². The highest BCUT2D eigenvalue weighted by atomic mass is 79.9. The first-order chi connectivity index (χ1) is 13.1. The van der Waals surface area contributed by atoms with Crippen molar-refractivity contribution in [3.8, 4) is 0 Å². The predicted molar refractivity (Wildman–Crippen MR) is 122 cm³/mol. The van der Waals surface area contributed by atoms with Gasteiger partial charge in [0.05, 0.1) is 11.4 Å². The van der Waals surface area contributed by atoms with Crippen molar-refractivity contribution in [1.29, 1.82) is 0 Å². The average Bonchev–Trinajstić information content (AvgIpc) is 2.91. The zero-order chi connectivity index (χ0) is 19.2. The maximum Gasteiger partial charge on any atom is 0.0672 e. The molecule has 1 heterocycles. The lowest BCUT2D eigenvalue weighted by Crippen LogP contribution is -2.25. The normalized spacial score (nSPS) is 23.5. The van der Waals surface area contributed by atoms with Crippen molar-refractivity contribution >= 4 is 27.3 Å². The van der Waals surface area contributed by atoms with Gasteiger partial charge in [-0.3, -0.25) is 4.99 Å². The molecular formula is C25H26BrN. The highest BCUT2D eigenvalue weighted by Crippen LogP contribution is 2.37. The van der Waals surface area contributed by atoms with Crippen molar-refractivity contribution in [3.63, 3.8) is 0 Å². The van der Waals surface area contributed by atoms with Gasteiger partial charge in [-0.2, -0.15) is 0 Å². The van der Waals surface area contributed by atoms with Crippen LogP contribution in [0.1, 0.15) is 32.8 Å². The Hall–Kier alpha value is -2.19. The number of aliphatic imine (C=N–C) groups is 1. The molecule has 0 radical (unpaired) electrons. The second-order valence-electron chi connectivity index (χ2n) is 6.84. The van der Waals surface area contributed by atoms with Gasteiger partial charge < -0.3 is 0 Å². The molecule has 27 heavy (non-hydrogen) atoms. The molecule has 1 aliphatic heterocycles. The summed E-state index contributed by atoms with van der Waals surface area (Å²) in [5.41, 5.74) is 5.89. The molecule has 2 unspecified atom stereocenters. The standard InChI is InChI=1S/C25H26BrN/c1-4-11-19(5-2)25-18(3)23(21-14-9-10-15-22(26)16-21)17-24(27-25)20-12-7-6-8-13-20/h4-9,11-18,23H,10H2,1-3H3/b11-4-,19-5+. The van der Waals surface area contributed by atoms with Crippen LogP contribution in [0.25, 0.3) is 5.70 Å². The molecule has 0 saturated carbocycles. The Labute approximate surface area is 171 Å². The van der Waals surface area contributed by atoms with Crippen LogP contribution in [0.15, 0.2) is 99.6 Å². The minimum absolute atomic E-state index is 0.281. The summed E-state index contributed by atoms with van der Waals surface area (Å²) in [4.78, 5) is 5.09. The number of halogens is 1. The van der Waals surface area contributed by atoms with Crippen LogP contribution in [-0.4, -0.2) is 5.71 Å². The lowest BCUT2D eigenvalue weighted by atomic mass is 9.78. The van der Waals surface area contributed by atoms with Gasteiger partial charge in [0.15, 0.2) is 0 Å². The summed E-state index contributed by atoms with van der Waals surface area (Å²) in [5, 5.41) is 0. The zero-order valence-corrected chi connectivity index (χ0v) is 17.8. The third-order valence-electron chi connectivity index (χ3n) is 5.02. The Morgan fingerprint density at radius 3 is 2.67 bits per heavy atom. The summed E-state index contributed by atoms with van der Waals surface area (Å²) in [6.07, 6.45) is 18.6. The quantitative estimate of drug-likeness (QED) is 0.450. The predicted octanol–water partition coefficient (Wildman–Crippen LogP) is 7.42. The summed E-state index contributed by atoms with van der Waals surface area (Å²) in [6, 6.07) is 10.5. The van der Waals surface area contributed by atoms with Crippen LogP contribution in [0, 0.1) is 11.8 Å². The second-order valence-corrected chi connectivity index (χ2v) is 7.76. The van der Waals surface area contributed by atoms with Crippen LogP contribution < -0.4 is 0 Å². The highest BCUT2D eigenvalue weighted by Gasteiger charge is 2.29. The van der Waals surface area contributed by atoms with Gasteiger partial charge in [-0.15, -0.1) is 0 Å². The van der Waals surface area contributed by atoms with Gasteiger partial charge in [0, 0.05) is 16.3 Å². The fourth-order valence-electron chi connectivity index (χ4n) is 3.60. The van der Waals surface area contributed by atoms with Gasteiger partial charge >= 0.3 is 0 Å². The lowest BCUT2D eigenvalue weighted by Gasteiger charge is -2.29. The van der Waals surface area contributed by atoms with E-state index in [-0.39, 0.29) is 5.92 Å². The molecular weight excluding hydrogens is 394 g/mol. The van der Waals surface area contributed by atoms with Crippen molar-refractivity contribution in [2.24, 2.45) is 16.8 Å². The molecule has 2 atom stereocenters. The molecule has 138 valence electrons. The fraction of sp³-hybridized carbons (Fsp3) is 0.240. The smallest absolute Gasteiger partial charge is 0.0672 e. The van der Waals surface area contributed by atoms with E-state index in [2.05, 4.69) is 110 Å². The Morgan fingerprint density at radius 2 is 1.96 bits per heavy atom. The van der Waals surface area contributed by atoms with Crippen LogP contribution in [0.2, 0.25) is 0 Å². The van der Waals surface area contributed by atoms with Gasteiger partial charge in [-0.25, -0.2) is 0 Å². The van der Waals surface area contributed by atoms with Gasteiger partial charge in [0.25, 0.3) is 0 Å².